The van der Waals surface area contributed by atoms with Crippen LogP contribution in [0.1, 0.15) is 41.7 Å². The molecule has 3 nitrogen and oxygen atoms in total. The molecule has 1 rings (SSSR count). The molecule has 0 radical (unpaired) electrons. The summed E-state index contributed by atoms with van der Waals surface area (Å²) in [6.07, 6.45) is 0.201. The molecule has 0 heterocycles. The van der Waals surface area contributed by atoms with Gasteiger partial charge in [-0.2, -0.15) is 0 Å². The summed E-state index contributed by atoms with van der Waals surface area (Å²) in [5.41, 5.74) is 4.51. The van der Waals surface area contributed by atoms with E-state index >= 15 is 0 Å². The molecule has 1 aromatic rings. The van der Waals surface area contributed by atoms with Crippen molar-refractivity contribution in [1.82, 2.24) is 5.32 Å². The van der Waals surface area contributed by atoms with Gasteiger partial charge in [0, 0.05) is 12.6 Å². The second kappa shape index (κ2) is 6.88. The highest BCUT2D eigenvalue weighted by Crippen LogP contribution is 2.25. The van der Waals surface area contributed by atoms with Gasteiger partial charge in [-0.1, -0.05) is 17.7 Å². The van der Waals surface area contributed by atoms with E-state index in [2.05, 4.69) is 24.4 Å². The van der Waals surface area contributed by atoms with Crippen LogP contribution in [-0.2, 0) is 0 Å². The fraction of sp³-hybridized carbons (Fsp3) is 0.600. The SMILES string of the molecule is Cc1cc(C)c(C(O)C(C)NCCCO)c(C)c1. The lowest BCUT2D eigenvalue weighted by atomic mass is 9.92. The lowest BCUT2D eigenvalue weighted by Gasteiger charge is -2.24. The quantitative estimate of drug-likeness (QED) is 0.678. The van der Waals surface area contributed by atoms with Gasteiger partial charge in [-0.25, -0.2) is 0 Å². The van der Waals surface area contributed by atoms with E-state index in [4.69, 9.17) is 5.11 Å². The average Bonchev–Trinajstić information content (AvgIpc) is 2.27. The van der Waals surface area contributed by atoms with Crippen LogP contribution in [0.25, 0.3) is 0 Å². The van der Waals surface area contributed by atoms with Crippen LogP contribution in [-0.4, -0.2) is 29.4 Å². The number of aliphatic hydroxyl groups excluding tert-OH is 2. The largest absolute Gasteiger partial charge is 0.396 e. The molecular weight excluding hydrogens is 226 g/mol. The molecule has 0 aliphatic heterocycles. The fourth-order valence-electron chi connectivity index (χ4n) is 2.43. The van der Waals surface area contributed by atoms with Crippen LogP contribution < -0.4 is 5.32 Å². The summed E-state index contributed by atoms with van der Waals surface area (Å²) in [6, 6.07) is 4.19. The smallest absolute Gasteiger partial charge is 0.0945 e. The Morgan fingerprint density at radius 2 is 1.72 bits per heavy atom. The Balaban J connectivity index is 2.80. The predicted octanol–water partition coefficient (Wildman–Crippen LogP) is 2.01. The third-order valence-corrected chi connectivity index (χ3v) is 3.31. The highest BCUT2D eigenvalue weighted by molar-refractivity contribution is 5.39. The normalized spacial score (nSPS) is 14.6. The molecule has 102 valence electrons. The maximum absolute atomic E-state index is 10.4. The van der Waals surface area contributed by atoms with Gasteiger partial charge < -0.3 is 15.5 Å². The zero-order valence-electron chi connectivity index (χ0n) is 11.8. The molecule has 18 heavy (non-hydrogen) atoms. The number of benzene rings is 1. The Kier molecular flexibility index (Phi) is 5.79. The number of hydrogen-bond acceptors (Lipinski definition) is 3. The second-order valence-corrected chi connectivity index (χ2v) is 5.08. The van der Waals surface area contributed by atoms with E-state index in [1.165, 1.54) is 5.56 Å². The van der Waals surface area contributed by atoms with Crippen LogP contribution in [0.15, 0.2) is 12.1 Å². The summed E-state index contributed by atoms with van der Waals surface area (Å²) < 4.78 is 0. The Morgan fingerprint density at radius 1 is 1.17 bits per heavy atom. The monoisotopic (exact) mass is 251 g/mol. The van der Waals surface area contributed by atoms with Crippen LogP contribution in [0.5, 0.6) is 0 Å². The number of aryl methyl sites for hydroxylation is 3. The molecule has 1 aromatic carbocycles. The first-order chi connectivity index (χ1) is 8.47. The molecule has 0 aromatic heterocycles. The van der Waals surface area contributed by atoms with Gasteiger partial charge in [0.2, 0.25) is 0 Å². The standard InChI is InChI=1S/C15H25NO2/c1-10-8-11(2)14(12(3)9-10)15(18)13(4)16-6-5-7-17/h8-9,13,15-18H,5-7H2,1-4H3. The topological polar surface area (TPSA) is 52.5 Å². The number of hydrogen-bond donors (Lipinski definition) is 3. The highest BCUT2D eigenvalue weighted by atomic mass is 16.3. The Hall–Kier alpha value is -0.900. The fourth-order valence-corrected chi connectivity index (χ4v) is 2.43. The van der Waals surface area contributed by atoms with Crippen molar-refractivity contribution < 1.29 is 10.2 Å². The van der Waals surface area contributed by atoms with Gasteiger partial charge in [-0.3, -0.25) is 0 Å². The first-order valence-corrected chi connectivity index (χ1v) is 6.57. The van der Waals surface area contributed by atoms with Crippen LogP contribution in [0.4, 0.5) is 0 Å². The van der Waals surface area contributed by atoms with Gasteiger partial charge in [0.15, 0.2) is 0 Å². The molecule has 0 aliphatic carbocycles. The summed E-state index contributed by atoms with van der Waals surface area (Å²) >= 11 is 0. The third kappa shape index (κ3) is 3.80. The minimum absolute atomic E-state index is 0.0170. The van der Waals surface area contributed by atoms with E-state index in [-0.39, 0.29) is 12.6 Å². The minimum Gasteiger partial charge on any atom is -0.396 e. The van der Waals surface area contributed by atoms with Crippen molar-refractivity contribution in [3.05, 3.63) is 34.4 Å². The number of aliphatic hydroxyl groups is 2. The third-order valence-electron chi connectivity index (χ3n) is 3.31. The van der Waals surface area contributed by atoms with Gasteiger partial charge in [0.05, 0.1) is 6.10 Å². The summed E-state index contributed by atoms with van der Waals surface area (Å²) in [7, 11) is 0. The molecule has 0 saturated heterocycles. The van der Waals surface area contributed by atoms with Crippen LogP contribution in [0.2, 0.25) is 0 Å². The Morgan fingerprint density at radius 3 is 2.22 bits per heavy atom. The highest BCUT2D eigenvalue weighted by Gasteiger charge is 2.19. The molecule has 3 N–H and O–H groups in total. The van der Waals surface area contributed by atoms with Crippen molar-refractivity contribution in [3.63, 3.8) is 0 Å². The maximum atomic E-state index is 10.4. The van der Waals surface area contributed by atoms with Crippen LogP contribution >= 0.6 is 0 Å². The van der Waals surface area contributed by atoms with Crippen molar-refractivity contribution in [2.75, 3.05) is 13.2 Å². The molecule has 2 unspecified atom stereocenters. The van der Waals surface area contributed by atoms with Gasteiger partial charge in [-0.15, -0.1) is 0 Å². The summed E-state index contributed by atoms with van der Waals surface area (Å²) in [5, 5.41) is 22.4. The predicted molar refractivity (Wildman–Crippen MR) is 74.8 cm³/mol. The number of nitrogens with one attached hydrogen (secondary N) is 1. The van der Waals surface area contributed by atoms with Gasteiger partial charge >= 0.3 is 0 Å². The zero-order valence-corrected chi connectivity index (χ0v) is 11.8. The first-order valence-electron chi connectivity index (χ1n) is 6.57. The van der Waals surface area contributed by atoms with E-state index in [0.717, 1.165) is 23.2 Å². The van der Waals surface area contributed by atoms with Crippen LogP contribution in [0.3, 0.4) is 0 Å². The molecular formula is C15H25NO2. The van der Waals surface area contributed by atoms with Crippen LogP contribution in [0, 0.1) is 20.8 Å². The second-order valence-electron chi connectivity index (χ2n) is 5.08. The van der Waals surface area contributed by atoms with Crippen molar-refractivity contribution in [2.45, 2.75) is 46.3 Å². The van der Waals surface area contributed by atoms with Gasteiger partial charge in [-0.05, 0) is 57.4 Å². The summed E-state index contributed by atoms with van der Waals surface area (Å²) in [4.78, 5) is 0. The summed E-state index contributed by atoms with van der Waals surface area (Å²) in [6.45, 7) is 9.02. The van der Waals surface area contributed by atoms with Crippen molar-refractivity contribution in [1.29, 1.82) is 0 Å². The molecule has 0 amide bonds. The maximum Gasteiger partial charge on any atom is 0.0945 e. The first kappa shape index (κ1) is 15.2. The molecule has 0 aliphatic rings. The molecule has 3 heteroatoms. The molecule has 0 spiro atoms. The van der Waals surface area contributed by atoms with E-state index in [1.807, 2.05) is 20.8 Å². The summed E-state index contributed by atoms with van der Waals surface area (Å²) in [5.74, 6) is 0. The van der Waals surface area contributed by atoms with E-state index in [1.54, 1.807) is 0 Å². The van der Waals surface area contributed by atoms with Crippen molar-refractivity contribution >= 4 is 0 Å². The minimum atomic E-state index is -0.510. The van der Waals surface area contributed by atoms with E-state index < -0.39 is 6.10 Å². The van der Waals surface area contributed by atoms with E-state index in [9.17, 15) is 5.11 Å². The molecule has 0 bridgehead atoms. The Labute approximate surface area is 110 Å². The molecule has 0 saturated carbocycles. The lowest BCUT2D eigenvalue weighted by molar-refractivity contribution is 0.133. The lowest BCUT2D eigenvalue weighted by Crippen LogP contribution is -2.33. The van der Waals surface area contributed by atoms with E-state index in [0.29, 0.717) is 6.42 Å². The average molecular weight is 251 g/mol. The zero-order chi connectivity index (χ0) is 13.7. The molecule has 0 fully saturated rings. The molecule has 2 atom stereocenters. The Bertz CT molecular complexity index is 367. The van der Waals surface area contributed by atoms with Gasteiger partial charge in [0.25, 0.3) is 0 Å². The number of rotatable bonds is 6. The van der Waals surface area contributed by atoms with Gasteiger partial charge in [0.1, 0.15) is 0 Å². The van der Waals surface area contributed by atoms with Crippen molar-refractivity contribution in [3.8, 4) is 0 Å². The van der Waals surface area contributed by atoms with Crippen molar-refractivity contribution in [2.24, 2.45) is 0 Å².